The number of likely N-dealkylation sites (N-methyl/N-ethyl adjacent to an activating group) is 1. The normalized spacial score (nSPS) is 21.3. The van der Waals surface area contributed by atoms with Gasteiger partial charge in [-0.25, -0.2) is 8.42 Å². The van der Waals surface area contributed by atoms with Gasteiger partial charge in [0, 0.05) is 32.1 Å². The van der Waals surface area contributed by atoms with Crippen LogP contribution in [0.3, 0.4) is 0 Å². The number of nitrogens with zero attached hydrogens (tertiary/aromatic N) is 1. The van der Waals surface area contributed by atoms with Crippen LogP contribution in [0.25, 0.3) is 0 Å². The van der Waals surface area contributed by atoms with E-state index in [2.05, 4.69) is 17.6 Å². The molecule has 0 aromatic heterocycles. The fourth-order valence-corrected chi connectivity index (χ4v) is 4.41. The minimum atomic E-state index is -3.70. The Kier molecular flexibility index (Phi) is 6.95. The Labute approximate surface area is 149 Å². The number of carbonyl (C=O) groups is 1. The standard InChI is InChI=1S/C17H27N3O4S/c1-13-11-14(7-8-18-13)17(22)19-12-15-5-3-4-6-16(15)25(23,24)20(2)9-10-21/h3-6,13-14,18,21H,7-12H2,1-2H3,(H,19,22)/t13-,14-/m0/s1. The molecule has 1 aliphatic rings. The number of amides is 1. The number of hydrogen-bond donors (Lipinski definition) is 3. The molecule has 140 valence electrons. The summed E-state index contributed by atoms with van der Waals surface area (Å²) in [5.74, 6) is -0.0821. The van der Waals surface area contributed by atoms with Crippen molar-refractivity contribution in [3.63, 3.8) is 0 Å². The van der Waals surface area contributed by atoms with Gasteiger partial charge in [0.25, 0.3) is 0 Å². The third kappa shape index (κ3) is 5.01. The number of hydrogen-bond acceptors (Lipinski definition) is 5. The van der Waals surface area contributed by atoms with E-state index in [1.54, 1.807) is 18.2 Å². The first-order valence-electron chi connectivity index (χ1n) is 8.52. The van der Waals surface area contributed by atoms with Crippen LogP contribution >= 0.6 is 0 Å². The van der Waals surface area contributed by atoms with E-state index >= 15 is 0 Å². The van der Waals surface area contributed by atoms with Gasteiger partial charge in [0.05, 0.1) is 11.5 Å². The van der Waals surface area contributed by atoms with Gasteiger partial charge in [-0.1, -0.05) is 18.2 Å². The monoisotopic (exact) mass is 369 g/mol. The van der Waals surface area contributed by atoms with Gasteiger partial charge in [-0.3, -0.25) is 4.79 Å². The highest BCUT2D eigenvalue weighted by atomic mass is 32.2. The summed E-state index contributed by atoms with van der Waals surface area (Å²) in [5, 5.41) is 15.2. The molecule has 0 saturated carbocycles. The van der Waals surface area contributed by atoms with Gasteiger partial charge < -0.3 is 15.7 Å². The molecule has 1 amide bonds. The molecular formula is C17H27N3O4S. The molecule has 2 atom stereocenters. The number of nitrogens with one attached hydrogen (secondary N) is 2. The minimum Gasteiger partial charge on any atom is -0.395 e. The van der Waals surface area contributed by atoms with Crippen LogP contribution in [-0.4, -0.2) is 56.5 Å². The summed E-state index contributed by atoms with van der Waals surface area (Å²) < 4.78 is 26.4. The summed E-state index contributed by atoms with van der Waals surface area (Å²) in [5.41, 5.74) is 0.544. The summed E-state index contributed by atoms with van der Waals surface area (Å²) in [6.07, 6.45) is 1.57. The van der Waals surface area contributed by atoms with Crippen molar-refractivity contribution in [3.8, 4) is 0 Å². The van der Waals surface area contributed by atoms with Gasteiger partial charge in [-0.2, -0.15) is 4.31 Å². The Hall–Kier alpha value is -1.48. The molecule has 25 heavy (non-hydrogen) atoms. The molecule has 1 fully saturated rings. The van der Waals surface area contributed by atoms with Crippen molar-refractivity contribution in [2.24, 2.45) is 5.92 Å². The molecule has 0 radical (unpaired) electrons. The second-order valence-corrected chi connectivity index (χ2v) is 8.47. The largest absolute Gasteiger partial charge is 0.395 e. The molecule has 0 unspecified atom stereocenters. The van der Waals surface area contributed by atoms with E-state index in [0.717, 1.165) is 23.7 Å². The fraction of sp³-hybridized carbons (Fsp3) is 0.588. The van der Waals surface area contributed by atoms with E-state index in [1.807, 2.05) is 0 Å². The predicted octanol–water partition coefficient (Wildman–Crippen LogP) is 0.304. The quantitative estimate of drug-likeness (QED) is 0.642. The molecule has 8 heteroatoms. The van der Waals surface area contributed by atoms with E-state index in [-0.39, 0.29) is 36.4 Å². The van der Waals surface area contributed by atoms with E-state index in [9.17, 15) is 13.2 Å². The highest BCUT2D eigenvalue weighted by Crippen LogP contribution is 2.20. The summed E-state index contributed by atoms with van der Waals surface area (Å²) in [4.78, 5) is 12.5. The maximum atomic E-state index is 12.6. The predicted molar refractivity (Wildman–Crippen MR) is 95.4 cm³/mol. The van der Waals surface area contributed by atoms with E-state index in [0.29, 0.717) is 11.6 Å². The van der Waals surface area contributed by atoms with Gasteiger partial charge in [-0.05, 0) is 37.9 Å². The minimum absolute atomic E-state index is 0.0238. The lowest BCUT2D eigenvalue weighted by atomic mass is 9.92. The molecule has 0 bridgehead atoms. The van der Waals surface area contributed by atoms with Crippen LogP contribution in [0.2, 0.25) is 0 Å². The van der Waals surface area contributed by atoms with Crippen LogP contribution in [0.1, 0.15) is 25.3 Å². The van der Waals surface area contributed by atoms with E-state index in [1.165, 1.54) is 13.1 Å². The van der Waals surface area contributed by atoms with Gasteiger partial charge in [0.1, 0.15) is 0 Å². The molecule has 7 nitrogen and oxygen atoms in total. The van der Waals surface area contributed by atoms with Crippen LogP contribution in [-0.2, 0) is 21.4 Å². The summed E-state index contributed by atoms with van der Waals surface area (Å²) in [7, 11) is -2.27. The molecule has 2 rings (SSSR count). The van der Waals surface area contributed by atoms with Crippen LogP contribution in [0.15, 0.2) is 29.2 Å². The van der Waals surface area contributed by atoms with Crippen molar-refractivity contribution >= 4 is 15.9 Å². The lowest BCUT2D eigenvalue weighted by Gasteiger charge is -2.27. The first-order valence-corrected chi connectivity index (χ1v) is 9.96. The second-order valence-electron chi connectivity index (χ2n) is 6.45. The Morgan fingerprint density at radius 1 is 1.40 bits per heavy atom. The molecular weight excluding hydrogens is 342 g/mol. The number of carbonyl (C=O) groups excluding carboxylic acids is 1. The highest BCUT2D eigenvalue weighted by Gasteiger charge is 2.26. The highest BCUT2D eigenvalue weighted by molar-refractivity contribution is 7.89. The van der Waals surface area contributed by atoms with E-state index < -0.39 is 10.0 Å². The van der Waals surface area contributed by atoms with Crippen LogP contribution in [0, 0.1) is 5.92 Å². The molecule has 1 aliphatic heterocycles. The third-order valence-corrected chi connectivity index (χ3v) is 6.48. The number of sulfonamides is 1. The van der Waals surface area contributed by atoms with Crippen LogP contribution in [0.4, 0.5) is 0 Å². The van der Waals surface area contributed by atoms with Crippen molar-refractivity contribution in [3.05, 3.63) is 29.8 Å². The van der Waals surface area contributed by atoms with Gasteiger partial charge in [-0.15, -0.1) is 0 Å². The molecule has 1 aromatic rings. The number of aliphatic hydroxyl groups excluding tert-OH is 1. The van der Waals surface area contributed by atoms with E-state index in [4.69, 9.17) is 5.11 Å². The zero-order valence-corrected chi connectivity index (χ0v) is 15.6. The lowest BCUT2D eigenvalue weighted by Crippen LogP contribution is -2.42. The van der Waals surface area contributed by atoms with Crippen molar-refractivity contribution in [2.75, 3.05) is 26.7 Å². The number of piperidine rings is 1. The number of rotatable bonds is 7. The average Bonchev–Trinajstić information content (AvgIpc) is 2.60. The topological polar surface area (TPSA) is 98.7 Å². The van der Waals surface area contributed by atoms with Crippen molar-refractivity contribution in [1.29, 1.82) is 0 Å². The molecule has 0 spiro atoms. The third-order valence-electron chi connectivity index (χ3n) is 4.52. The van der Waals surface area contributed by atoms with Gasteiger partial charge in [0.15, 0.2) is 0 Å². The second kappa shape index (κ2) is 8.75. The van der Waals surface area contributed by atoms with Crippen molar-refractivity contribution in [1.82, 2.24) is 14.9 Å². The maximum Gasteiger partial charge on any atom is 0.243 e. The SMILES string of the molecule is C[C@H]1C[C@@H](C(=O)NCc2ccccc2S(=O)(=O)N(C)CCO)CCN1. The Balaban J connectivity index is 2.09. The number of aliphatic hydroxyl groups is 1. The zero-order chi connectivity index (χ0) is 18.4. The Morgan fingerprint density at radius 3 is 2.80 bits per heavy atom. The fourth-order valence-electron chi connectivity index (χ4n) is 3.03. The van der Waals surface area contributed by atoms with Crippen molar-refractivity contribution < 1.29 is 18.3 Å². The van der Waals surface area contributed by atoms with Gasteiger partial charge >= 0.3 is 0 Å². The first-order chi connectivity index (χ1) is 11.9. The van der Waals surface area contributed by atoms with Crippen molar-refractivity contribution in [2.45, 2.75) is 37.2 Å². The number of benzene rings is 1. The molecule has 3 N–H and O–H groups in total. The molecule has 1 heterocycles. The molecule has 0 aliphatic carbocycles. The summed E-state index contributed by atoms with van der Waals surface area (Å²) in [6.45, 7) is 2.81. The molecule has 1 saturated heterocycles. The Bertz CT molecular complexity index is 693. The lowest BCUT2D eigenvalue weighted by molar-refractivity contribution is -0.126. The molecule has 1 aromatic carbocycles. The average molecular weight is 369 g/mol. The summed E-state index contributed by atoms with van der Waals surface area (Å²) in [6, 6.07) is 6.94. The Morgan fingerprint density at radius 2 is 2.12 bits per heavy atom. The maximum absolute atomic E-state index is 12.6. The van der Waals surface area contributed by atoms with Crippen LogP contribution in [0.5, 0.6) is 0 Å². The zero-order valence-electron chi connectivity index (χ0n) is 14.7. The summed E-state index contributed by atoms with van der Waals surface area (Å²) >= 11 is 0. The van der Waals surface area contributed by atoms with Crippen LogP contribution < -0.4 is 10.6 Å². The smallest absolute Gasteiger partial charge is 0.243 e. The van der Waals surface area contributed by atoms with Gasteiger partial charge in [0.2, 0.25) is 15.9 Å². The first kappa shape index (κ1) is 19.8.